The van der Waals surface area contributed by atoms with E-state index in [-0.39, 0.29) is 0 Å². The summed E-state index contributed by atoms with van der Waals surface area (Å²) >= 11 is 0. The molecule has 13 heavy (non-hydrogen) atoms. The zero-order valence-electron chi connectivity index (χ0n) is 9.44. The fourth-order valence-electron chi connectivity index (χ4n) is 1.81. The molecule has 0 aromatic rings. The molecule has 0 heterocycles. The maximum atomic E-state index is 8.35. The van der Waals surface area contributed by atoms with Gasteiger partial charge in [0.25, 0.3) is 0 Å². The first-order valence-electron chi connectivity index (χ1n) is 5.20. The molecule has 1 N–H and O–H groups in total. The topological polar surface area (TPSA) is 40.9 Å². The molecular formula is C10H23NOSi. The SMILES string of the molecule is CCC[Si](CC)(CC)CC.N=C=O. The summed E-state index contributed by atoms with van der Waals surface area (Å²) in [5, 5.41) is 5.40. The molecule has 0 unspecified atom stereocenters. The highest BCUT2D eigenvalue weighted by molar-refractivity contribution is 6.79. The molecule has 3 heteroatoms. The van der Waals surface area contributed by atoms with E-state index in [2.05, 4.69) is 27.7 Å². The molecule has 0 spiro atoms. The predicted molar refractivity (Wildman–Crippen MR) is 60.7 cm³/mol. The Hall–Kier alpha value is -0.403. The highest BCUT2D eigenvalue weighted by atomic mass is 28.3. The van der Waals surface area contributed by atoms with E-state index in [4.69, 9.17) is 10.2 Å². The summed E-state index contributed by atoms with van der Waals surface area (Å²) < 4.78 is 0. The molecule has 0 amide bonds. The Morgan fingerprint density at radius 2 is 1.38 bits per heavy atom. The van der Waals surface area contributed by atoms with Gasteiger partial charge in [0.2, 0.25) is 6.08 Å². The first-order valence-corrected chi connectivity index (χ1v) is 8.03. The van der Waals surface area contributed by atoms with Crippen LogP contribution >= 0.6 is 0 Å². The minimum atomic E-state index is -0.717. The Bertz CT molecular complexity index is 130. The Labute approximate surface area is 83.3 Å². The molecular weight excluding hydrogens is 178 g/mol. The average Bonchev–Trinajstić information content (AvgIpc) is 2.16. The molecule has 0 fully saturated rings. The van der Waals surface area contributed by atoms with Gasteiger partial charge >= 0.3 is 0 Å². The van der Waals surface area contributed by atoms with Gasteiger partial charge in [0, 0.05) is 0 Å². The van der Waals surface area contributed by atoms with Crippen LogP contribution in [0.4, 0.5) is 0 Å². The number of isocyanates is 1. The second-order valence-corrected chi connectivity index (χ2v) is 9.03. The third-order valence-electron chi connectivity index (χ3n) is 3.03. The zero-order valence-corrected chi connectivity index (χ0v) is 10.4. The predicted octanol–water partition coefficient (Wildman–Crippen LogP) is 3.81. The summed E-state index contributed by atoms with van der Waals surface area (Å²) in [5.74, 6) is 0. The average molecular weight is 201 g/mol. The molecule has 0 radical (unpaired) electrons. The van der Waals surface area contributed by atoms with Gasteiger partial charge in [-0.1, -0.05) is 58.3 Å². The molecule has 0 aliphatic rings. The lowest BCUT2D eigenvalue weighted by Gasteiger charge is -2.27. The molecule has 78 valence electrons. The van der Waals surface area contributed by atoms with Crippen LogP contribution in [0.2, 0.25) is 24.2 Å². The van der Waals surface area contributed by atoms with Crippen molar-refractivity contribution in [1.29, 1.82) is 5.41 Å². The van der Waals surface area contributed by atoms with Crippen LogP contribution < -0.4 is 0 Å². The van der Waals surface area contributed by atoms with Crippen molar-refractivity contribution in [2.75, 3.05) is 0 Å². The van der Waals surface area contributed by atoms with Crippen LogP contribution in [0.5, 0.6) is 0 Å². The number of carbonyl (C=O) groups excluding carboxylic acids is 1. The van der Waals surface area contributed by atoms with Crippen molar-refractivity contribution in [1.82, 2.24) is 0 Å². The van der Waals surface area contributed by atoms with E-state index < -0.39 is 8.07 Å². The van der Waals surface area contributed by atoms with E-state index in [1.807, 2.05) is 0 Å². The van der Waals surface area contributed by atoms with Crippen LogP contribution in [0.3, 0.4) is 0 Å². The maximum absolute atomic E-state index is 8.35. The number of hydrogen-bond donors (Lipinski definition) is 1. The van der Waals surface area contributed by atoms with Crippen LogP contribution in [-0.2, 0) is 4.79 Å². The van der Waals surface area contributed by atoms with Crippen molar-refractivity contribution >= 4 is 14.2 Å². The summed E-state index contributed by atoms with van der Waals surface area (Å²) in [7, 11) is -0.717. The van der Waals surface area contributed by atoms with Gasteiger partial charge < -0.3 is 0 Å². The summed E-state index contributed by atoms with van der Waals surface area (Å²) in [6, 6.07) is 6.03. The van der Waals surface area contributed by atoms with Crippen molar-refractivity contribution < 1.29 is 4.79 Å². The standard InChI is InChI=1S/C9H22Si.CHNO/c1-5-9-10(6-2,7-3)8-4;2-1-3/h5-9H2,1-4H3;2H. The summed E-state index contributed by atoms with van der Waals surface area (Å²) in [5.41, 5.74) is 0. The molecule has 0 bridgehead atoms. The summed E-state index contributed by atoms with van der Waals surface area (Å²) in [6.45, 7) is 9.47. The van der Waals surface area contributed by atoms with E-state index in [1.165, 1.54) is 24.6 Å². The molecule has 0 aliphatic carbocycles. The fraction of sp³-hybridized carbons (Fsp3) is 0.900. The van der Waals surface area contributed by atoms with Gasteiger partial charge in [0.15, 0.2) is 0 Å². The summed E-state index contributed by atoms with van der Waals surface area (Å²) in [6.07, 6.45) is 2.15. The summed E-state index contributed by atoms with van der Waals surface area (Å²) in [4.78, 5) is 8.35. The molecule has 0 saturated carbocycles. The first kappa shape index (κ1) is 15.1. The maximum Gasteiger partial charge on any atom is 0.231 e. The zero-order chi connectivity index (χ0) is 10.7. The number of rotatable bonds is 5. The van der Waals surface area contributed by atoms with Gasteiger partial charge in [0.05, 0.1) is 8.07 Å². The van der Waals surface area contributed by atoms with Gasteiger partial charge in [-0.15, -0.1) is 0 Å². The number of nitrogens with one attached hydrogen (secondary N) is 1. The van der Waals surface area contributed by atoms with Gasteiger partial charge in [0.1, 0.15) is 0 Å². The van der Waals surface area contributed by atoms with Crippen molar-refractivity contribution in [2.24, 2.45) is 0 Å². The Kier molecular flexibility index (Phi) is 11.2. The monoisotopic (exact) mass is 201 g/mol. The molecule has 0 atom stereocenters. The number of hydrogen-bond acceptors (Lipinski definition) is 2. The van der Waals surface area contributed by atoms with Crippen molar-refractivity contribution in [3.05, 3.63) is 0 Å². The van der Waals surface area contributed by atoms with E-state index in [0.29, 0.717) is 0 Å². The van der Waals surface area contributed by atoms with Crippen molar-refractivity contribution in [3.8, 4) is 0 Å². The highest BCUT2D eigenvalue weighted by Crippen LogP contribution is 2.25. The largest absolute Gasteiger partial charge is 0.231 e. The minimum absolute atomic E-state index is 0.717. The van der Waals surface area contributed by atoms with Crippen LogP contribution in [0.15, 0.2) is 0 Å². The lowest BCUT2D eigenvalue weighted by molar-refractivity contribution is 0.563. The molecule has 0 rings (SSSR count). The van der Waals surface area contributed by atoms with Crippen LogP contribution in [0, 0.1) is 5.41 Å². The Morgan fingerprint density at radius 1 is 1.08 bits per heavy atom. The van der Waals surface area contributed by atoms with Gasteiger partial charge in [-0.05, 0) is 0 Å². The lowest BCUT2D eigenvalue weighted by Crippen LogP contribution is -2.30. The third-order valence-corrected chi connectivity index (χ3v) is 9.09. The minimum Gasteiger partial charge on any atom is -0.222 e. The van der Waals surface area contributed by atoms with E-state index >= 15 is 0 Å². The molecule has 0 aliphatic heterocycles. The normalized spacial score (nSPS) is 9.85. The Morgan fingerprint density at radius 3 is 1.46 bits per heavy atom. The van der Waals surface area contributed by atoms with Gasteiger partial charge in [-0.25, -0.2) is 10.2 Å². The quantitative estimate of drug-likeness (QED) is 0.410. The van der Waals surface area contributed by atoms with E-state index in [9.17, 15) is 0 Å². The second kappa shape index (κ2) is 9.68. The van der Waals surface area contributed by atoms with Crippen LogP contribution in [-0.4, -0.2) is 14.2 Å². The lowest BCUT2D eigenvalue weighted by atomic mass is 10.6. The molecule has 2 nitrogen and oxygen atoms in total. The van der Waals surface area contributed by atoms with Crippen LogP contribution in [0.1, 0.15) is 34.1 Å². The first-order chi connectivity index (χ1) is 6.16. The van der Waals surface area contributed by atoms with Crippen LogP contribution in [0.25, 0.3) is 0 Å². The van der Waals surface area contributed by atoms with Gasteiger partial charge in [-0.2, -0.15) is 0 Å². The fourth-order valence-corrected chi connectivity index (χ4v) is 5.43. The van der Waals surface area contributed by atoms with Crippen molar-refractivity contribution in [2.45, 2.75) is 58.3 Å². The highest BCUT2D eigenvalue weighted by Gasteiger charge is 2.24. The molecule has 0 aromatic heterocycles. The van der Waals surface area contributed by atoms with Crippen molar-refractivity contribution in [3.63, 3.8) is 0 Å². The van der Waals surface area contributed by atoms with E-state index in [0.717, 1.165) is 6.08 Å². The molecule has 0 saturated heterocycles. The van der Waals surface area contributed by atoms with Gasteiger partial charge in [-0.3, -0.25) is 0 Å². The third kappa shape index (κ3) is 6.73. The smallest absolute Gasteiger partial charge is 0.222 e. The Balaban J connectivity index is 0. The molecule has 0 aromatic carbocycles. The van der Waals surface area contributed by atoms with E-state index in [1.54, 1.807) is 6.04 Å². The second-order valence-electron chi connectivity index (χ2n) is 3.41.